The Bertz CT molecular complexity index is 978. The van der Waals surface area contributed by atoms with Crippen LogP contribution in [-0.2, 0) is 32.0 Å². The standard InChI is InChI=1S/C21H28N6O7/c1-11(22)18(30)25-15(6-12-2-4-14(29)5-3-12)19(31)26-16(7-13-8-23-10-24-13)20(32)27-17(9-28)21(33)34/h2-5,8,10-11,15-17,28-29H,6-7,9,22H2,1H3,(H,23,24)(H,25,30)(H,26,31)(H,27,32)(H,33,34). The fraction of sp³-hybridized carbons (Fsp3) is 0.381. The van der Waals surface area contributed by atoms with Gasteiger partial charge in [0.05, 0.1) is 19.0 Å². The number of H-pyrrole nitrogens is 1. The molecule has 0 bridgehead atoms. The fourth-order valence-corrected chi connectivity index (χ4v) is 2.94. The number of aliphatic carboxylic acids is 1. The second-order valence-electron chi connectivity index (χ2n) is 7.64. The van der Waals surface area contributed by atoms with Crippen LogP contribution in [0.1, 0.15) is 18.2 Å². The van der Waals surface area contributed by atoms with E-state index in [4.69, 9.17) is 10.8 Å². The van der Waals surface area contributed by atoms with Crippen LogP contribution < -0.4 is 21.7 Å². The molecule has 4 atom stereocenters. The average Bonchev–Trinajstić information content (AvgIpc) is 3.30. The number of nitrogens with zero attached hydrogens (tertiary/aromatic N) is 1. The number of aliphatic hydroxyl groups excluding tert-OH is 1. The Morgan fingerprint density at radius 1 is 0.971 bits per heavy atom. The number of carbonyl (C=O) groups is 4. The second-order valence-corrected chi connectivity index (χ2v) is 7.64. The SMILES string of the molecule is CC(N)C(=O)NC(Cc1ccc(O)cc1)C(=O)NC(Cc1cnc[nH]1)C(=O)NC(CO)C(=O)O. The number of rotatable bonds is 12. The Labute approximate surface area is 194 Å². The number of carbonyl (C=O) groups excluding carboxylic acids is 3. The molecule has 0 aliphatic carbocycles. The molecule has 1 heterocycles. The Balaban J connectivity index is 2.24. The number of benzene rings is 1. The Morgan fingerprint density at radius 2 is 1.53 bits per heavy atom. The molecule has 1 aromatic heterocycles. The van der Waals surface area contributed by atoms with Crippen molar-refractivity contribution in [3.63, 3.8) is 0 Å². The lowest BCUT2D eigenvalue weighted by molar-refractivity contribution is -0.143. The van der Waals surface area contributed by atoms with Gasteiger partial charge in [-0.3, -0.25) is 14.4 Å². The van der Waals surface area contributed by atoms with Gasteiger partial charge in [0.15, 0.2) is 0 Å². The number of imidazole rings is 1. The van der Waals surface area contributed by atoms with E-state index in [1.807, 2.05) is 0 Å². The van der Waals surface area contributed by atoms with Gasteiger partial charge in [-0.15, -0.1) is 0 Å². The number of hydrogen-bond donors (Lipinski definition) is 8. The summed E-state index contributed by atoms with van der Waals surface area (Å²) in [5.74, 6) is -3.60. The molecule has 0 fully saturated rings. The molecule has 13 heteroatoms. The fourth-order valence-electron chi connectivity index (χ4n) is 2.94. The molecule has 0 spiro atoms. The van der Waals surface area contributed by atoms with Crippen LogP contribution in [0.2, 0.25) is 0 Å². The highest BCUT2D eigenvalue weighted by Gasteiger charge is 2.30. The first-order valence-electron chi connectivity index (χ1n) is 10.4. The smallest absolute Gasteiger partial charge is 0.328 e. The summed E-state index contributed by atoms with van der Waals surface area (Å²) in [6.07, 6.45) is 2.76. The van der Waals surface area contributed by atoms with E-state index in [0.717, 1.165) is 0 Å². The first-order valence-corrected chi connectivity index (χ1v) is 10.4. The van der Waals surface area contributed by atoms with Crippen LogP contribution in [0.3, 0.4) is 0 Å². The molecule has 13 nitrogen and oxygen atoms in total. The van der Waals surface area contributed by atoms with E-state index in [0.29, 0.717) is 11.3 Å². The van der Waals surface area contributed by atoms with E-state index in [-0.39, 0.29) is 18.6 Å². The summed E-state index contributed by atoms with van der Waals surface area (Å²) in [6.45, 7) is 0.597. The molecule has 3 amide bonds. The summed E-state index contributed by atoms with van der Waals surface area (Å²) in [5, 5.41) is 35.0. The summed E-state index contributed by atoms with van der Waals surface area (Å²) in [6, 6.07) is 1.13. The third-order valence-corrected chi connectivity index (χ3v) is 4.83. The van der Waals surface area contributed by atoms with Gasteiger partial charge in [-0.05, 0) is 24.6 Å². The van der Waals surface area contributed by atoms with Crippen LogP contribution in [0.5, 0.6) is 5.75 Å². The van der Waals surface area contributed by atoms with Gasteiger partial charge >= 0.3 is 5.97 Å². The van der Waals surface area contributed by atoms with Crippen molar-refractivity contribution in [1.82, 2.24) is 25.9 Å². The number of carboxylic acid groups (broad SMARTS) is 1. The molecule has 0 aliphatic heterocycles. The van der Waals surface area contributed by atoms with Gasteiger partial charge in [0, 0.05) is 24.7 Å². The Kier molecular flexibility index (Phi) is 9.52. The number of nitrogens with one attached hydrogen (secondary N) is 4. The maximum Gasteiger partial charge on any atom is 0.328 e. The lowest BCUT2D eigenvalue weighted by Gasteiger charge is -2.24. The Hall–Kier alpha value is -3.97. The number of aliphatic hydroxyl groups is 1. The topological polar surface area (TPSA) is 220 Å². The van der Waals surface area contributed by atoms with Crippen molar-refractivity contribution in [2.75, 3.05) is 6.61 Å². The van der Waals surface area contributed by atoms with Gasteiger partial charge in [0.2, 0.25) is 17.7 Å². The van der Waals surface area contributed by atoms with Gasteiger partial charge in [-0.2, -0.15) is 0 Å². The van der Waals surface area contributed by atoms with Gasteiger partial charge in [-0.25, -0.2) is 9.78 Å². The molecule has 2 rings (SSSR count). The number of phenolic OH excluding ortho intramolecular Hbond substituents is 1. The minimum atomic E-state index is -1.57. The summed E-state index contributed by atoms with van der Waals surface area (Å²) >= 11 is 0. The monoisotopic (exact) mass is 476 g/mol. The quantitative estimate of drug-likeness (QED) is 0.166. The highest BCUT2D eigenvalue weighted by Crippen LogP contribution is 2.12. The normalized spacial score (nSPS) is 14.3. The number of amides is 3. The lowest BCUT2D eigenvalue weighted by Crippen LogP contribution is -2.58. The summed E-state index contributed by atoms with van der Waals surface area (Å²) in [4.78, 5) is 55.9. The van der Waals surface area contributed by atoms with E-state index in [1.165, 1.54) is 31.6 Å². The zero-order chi connectivity index (χ0) is 25.3. The minimum Gasteiger partial charge on any atom is -0.508 e. The van der Waals surface area contributed by atoms with Crippen molar-refractivity contribution in [2.24, 2.45) is 5.73 Å². The Morgan fingerprint density at radius 3 is 2.03 bits per heavy atom. The largest absolute Gasteiger partial charge is 0.508 e. The molecule has 0 saturated heterocycles. The highest BCUT2D eigenvalue weighted by atomic mass is 16.4. The molecular formula is C21H28N6O7. The van der Waals surface area contributed by atoms with Crippen molar-refractivity contribution in [1.29, 1.82) is 0 Å². The molecule has 9 N–H and O–H groups in total. The van der Waals surface area contributed by atoms with Crippen LogP contribution in [0.4, 0.5) is 0 Å². The summed E-state index contributed by atoms with van der Waals surface area (Å²) in [5.41, 5.74) is 6.70. The van der Waals surface area contributed by atoms with Gasteiger partial charge in [0.1, 0.15) is 23.9 Å². The summed E-state index contributed by atoms with van der Waals surface area (Å²) < 4.78 is 0. The molecule has 0 aliphatic rings. The summed E-state index contributed by atoms with van der Waals surface area (Å²) in [7, 11) is 0. The predicted molar refractivity (Wildman–Crippen MR) is 118 cm³/mol. The number of aromatic amines is 1. The number of aromatic hydroxyl groups is 1. The molecule has 0 radical (unpaired) electrons. The molecule has 4 unspecified atom stereocenters. The first-order chi connectivity index (χ1) is 16.1. The van der Waals surface area contributed by atoms with Crippen molar-refractivity contribution in [2.45, 2.75) is 43.9 Å². The third-order valence-electron chi connectivity index (χ3n) is 4.83. The molecular weight excluding hydrogens is 448 g/mol. The molecule has 0 saturated carbocycles. The van der Waals surface area contributed by atoms with Gasteiger partial charge in [-0.1, -0.05) is 12.1 Å². The molecule has 2 aromatic rings. The zero-order valence-electron chi connectivity index (χ0n) is 18.4. The predicted octanol–water partition coefficient (Wildman–Crippen LogP) is -2.22. The van der Waals surface area contributed by atoms with Crippen molar-refractivity contribution < 1.29 is 34.5 Å². The molecule has 1 aromatic carbocycles. The molecule has 184 valence electrons. The van der Waals surface area contributed by atoms with E-state index < -0.39 is 54.5 Å². The van der Waals surface area contributed by atoms with Crippen LogP contribution >= 0.6 is 0 Å². The van der Waals surface area contributed by atoms with E-state index >= 15 is 0 Å². The maximum absolute atomic E-state index is 13.1. The highest BCUT2D eigenvalue weighted by molar-refractivity contribution is 5.94. The van der Waals surface area contributed by atoms with Gasteiger partial charge < -0.3 is 42.0 Å². The van der Waals surface area contributed by atoms with E-state index in [1.54, 1.807) is 12.1 Å². The van der Waals surface area contributed by atoms with Crippen LogP contribution in [0.25, 0.3) is 0 Å². The molecule has 34 heavy (non-hydrogen) atoms. The minimum absolute atomic E-state index is 0.0252. The maximum atomic E-state index is 13.1. The van der Waals surface area contributed by atoms with E-state index in [2.05, 4.69) is 25.9 Å². The number of carboxylic acids is 1. The number of hydrogen-bond acceptors (Lipinski definition) is 8. The number of nitrogens with two attached hydrogens (primary N) is 1. The van der Waals surface area contributed by atoms with Crippen LogP contribution in [0.15, 0.2) is 36.8 Å². The average molecular weight is 476 g/mol. The number of phenols is 1. The zero-order valence-corrected chi connectivity index (χ0v) is 18.4. The van der Waals surface area contributed by atoms with Crippen molar-refractivity contribution in [3.8, 4) is 5.75 Å². The van der Waals surface area contributed by atoms with Gasteiger partial charge in [0.25, 0.3) is 0 Å². The second kappa shape index (κ2) is 12.3. The third kappa shape index (κ3) is 7.86. The van der Waals surface area contributed by atoms with E-state index in [9.17, 15) is 29.4 Å². The first kappa shape index (κ1) is 26.3. The van der Waals surface area contributed by atoms with Crippen LogP contribution in [-0.4, -0.2) is 79.8 Å². The lowest BCUT2D eigenvalue weighted by atomic mass is 10.0. The van der Waals surface area contributed by atoms with Crippen molar-refractivity contribution in [3.05, 3.63) is 48.0 Å². The number of aromatic nitrogens is 2. The van der Waals surface area contributed by atoms with Crippen LogP contribution in [0, 0.1) is 0 Å². The van der Waals surface area contributed by atoms with Crippen molar-refractivity contribution >= 4 is 23.7 Å².